The zero-order valence-corrected chi connectivity index (χ0v) is 20.5. The van der Waals surface area contributed by atoms with E-state index in [0.29, 0.717) is 49.8 Å². The van der Waals surface area contributed by atoms with E-state index in [1.165, 1.54) is 11.3 Å². The van der Waals surface area contributed by atoms with Gasteiger partial charge in [-0.1, -0.05) is 49.0 Å². The standard InChI is InChI=1S/C26H33N5O3S/c1-17(27)28-13-7-11-21(24(32)26-31-20-10-5-6-12-23(20)35-26)30-25(33)22-14-19(15-29-22)34-16-18-8-3-2-4-9-18/h2-6,8-10,12,19,21-22,24,28-29,32H,1,7,11,13-16,27H2,(H,30,33)/t19-,21+,22+,24?/m1/s1. The lowest BCUT2D eigenvalue weighted by molar-refractivity contribution is -0.124. The summed E-state index contributed by atoms with van der Waals surface area (Å²) >= 11 is 1.44. The molecular weight excluding hydrogens is 462 g/mol. The third kappa shape index (κ3) is 7.02. The first-order chi connectivity index (χ1) is 17.0. The number of para-hydroxylation sites is 1. The molecule has 1 aliphatic rings. The molecule has 1 unspecified atom stereocenters. The number of hydrogen-bond donors (Lipinski definition) is 5. The number of nitrogens with two attached hydrogens (primary N) is 1. The zero-order chi connectivity index (χ0) is 24.6. The van der Waals surface area contributed by atoms with Gasteiger partial charge in [0, 0.05) is 13.1 Å². The Morgan fingerprint density at radius 1 is 1.26 bits per heavy atom. The summed E-state index contributed by atoms with van der Waals surface area (Å²) in [6, 6.07) is 16.9. The molecular formula is C26H33N5O3S. The molecule has 3 aromatic rings. The highest BCUT2D eigenvalue weighted by atomic mass is 32.1. The van der Waals surface area contributed by atoms with Gasteiger partial charge in [-0.05, 0) is 37.0 Å². The number of aliphatic hydroxyl groups excluding tert-OH is 1. The first-order valence-electron chi connectivity index (χ1n) is 11.9. The van der Waals surface area contributed by atoms with Gasteiger partial charge in [0.2, 0.25) is 5.91 Å². The number of fused-ring (bicyclic) bond motifs is 1. The number of rotatable bonds is 12. The lowest BCUT2D eigenvalue weighted by Gasteiger charge is -2.25. The summed E-state index contributed by atoms with van der Waals surface area (Å²) in [6.07, 6.45) is 0.882. The van der Waals surface area contributed by atoms with Crippen LogP contribution in [0.5, 0.6) is 0 Å². The number of carbonyl (C=O) groups excluding carboxylic acids is 1. The van der Waals surface area contributed by atoms with Gasteiger partial charge in [0.25, 0.3) is 0 Å². The van der Waals surface area contributed by atoms with E-state index < -0.39 is 12.1 Å². The molecule has 1 fully saturated rings. The van der Waals surface area contributed by atoms with Crippen LogP contribution in [0, 0.1) is 0 Å². The number of aromatic nitrogens is 1. The Morgan fingerprint density at radius 3 is 2.80 bits per heavy atom. The molecule has 1 aromatic heterocycles. The van der Waals surface area contributed by atoms with E-state index in [1.807, 2.05) is 54.6 Å². The van der Waals surface area contributed by atoms with Crippen LogP contribution in [0.3, 0.4) is 0 Å². The molecule has 0 radical (unpaired) electrons. The van der Waals surface area contributed by atoms with Gasteiger partial charge in [-0.3, -0.25) is 4.79 Å². The minimum Gasteiger partial charge on any atom is -0.386 e. The van der Waals surface area contributed by atoms with Crippen LogP contribution in [0.4, 0.5) is 0 Å². The molecule has 2 aromatic carbocycles. The van der Waals surface area contributed by atoms with Crippen LogP contribution in [0.1, 0.15) is 35.9 Å². The van der Waals surface area contributed by atoms with Crippen molar-refractivity contribution in [1.82, 2.24) is 20.9 Å². The van der Waals surface area contributed by atoms with Gasteiger partial charge >= 0.3 is 0 Å². The van der Waals surface area contributed by atoms with Crippen molar-refractivity contribution in [3.05, 3.63) is 77.6 Å². The molecule has 35 heavy (non-hydrogen) atoms. The fourth-order valence-corrected chi connectivity index (χ4v) is 5.19. The summed E-state index contributed by atoms with van der Waals surface area (Å²) in [5.74, 6) is 0.256. The van der Waals surface area contributed by atoms with Gasteiger partial charge < -0.3 is 31.5 Å². The number of thiazole rings is 1. The van der Waals surface area contributed by atoms with Crippen molar-refractivity contribution in [3.8, 4) is 0 Å². The maximum Gasteiger partial charge on any atom is 0.237 e. The van der Waals surface area contributed by atoms with Crippen molar-refractivity contribution < 1.29 is 14.6 Å². The van der Waals surface area contributed by atoms with Crippen LogP contribution in [0.2, 0.25) is 0 Å². The van der Waals surface area contributed by atoms with Crippen molar-refractivity contribution in [2.24, 2.45) is 5.73 Å². The van der Waals surface area contributed by atoms with Crippen molar-refractivity contribution in [1.29, 1.82) is 0 Å². The molecule has 1 aliphatic heterocycles. The van der Waals surface area contributed by atoms with Crippen LogP contribution in [0.15, 0.2) is 67.0 Å². The molecule has 0 bridgehead atoms. The fourth-order valence-electron chi connectivity index (χ4n) is 4.17. The summed E-state index contributed by atoms with van der Waals surface area (Å²) in [7, 11) is 0. The van der Waals surface area contributed by atoms with Crippen LogP contribution in [-0.2, 0) is 16.1 Å². The summed E-state index contributed by atoms with van der Waals surface area (Å²) in [5.41, 5.74) is 7.53. The van der Waals surface area contributed by atoms with E-state index >= 15 is 0 Å². The first-order valence-corrected chi connectivity index (χ1v) is 12.7. The number of ether oxygens (including phenoxy) is 1. The van der Waals surface area contributed by atoms with Gasteiger partial charge in [-0.2, -0.15) is 0 Å². The van der Waals surface area contributed by atoms with E-state index in [2.05, 4.69) is 27.5 Å². The zero-order valence-electron chi connectivity index (χ0n) is 19.7. The largest absolute Gasteiger partial charge is 0.386 e. The van der Waals surface area contributed by atoms with Gasteiger partial charge in [-0.15, -0.1) is 11.3 Å². The second-order valence-electron chi connectivity index (χ2n) is 8.79. The minimum atomic E-state index is -0.913. The Morgan fingerprint density at radius 2 is 2.03 bits per heavy atom. The number of benzene rings is 2. The number of aliphatic hydroxyl groups is 1. The van der Waals surface area contributed by atoms with E-state index in [4.69, 9.17) is 10.5 Å². The Bertz CT molecular complexity index is 1090. The number of amides is 1. The van der Waals surface area contributed by atoms with Crippen LogP contribution in [-0.4, -0.2) is 47.3 Å². The average molecular weight is 496 g/mol. The second kappa shape index (κ2) is 12.1. The predicted molar refractivity (Wildman–Crippen MR) is 139 cm³/mol. The topological polar surface area (TPSA) is 122 Å². The SMILES string of the molecule is C=C(N)NCCC[C@H](NC(=O)[C@@H]1C[C@@H](OCc2ccccc2)CN1)C(O)c1nc2ccccc2s1. The molecule has 2 heterocycles. The first kappa shape index (κ1) is 25.1. The van der Waals surface area contributed by atoms with E-state index in [0.717, 1.165) is 15.8 Å². The Labute approximate surface area is 209 Å². The van der Waals surface area contributed by atoms with Crippen molar-refractivity contribution >= 4 is 27.5 Å². The molecule has 1 saturated heterocycles. The van der Waals surface area contributed by atoms with Crippen LogP contribution >= 0.6 is 11.3 Å². The second-order valence-corrected chi connectivity index (χ2v) is 9.85. The molecule has 6 N–H and O–H groups in total. The lowest BCUT2D eigenvalue weighted by Crippen LogP contribution is -2.47. The van der Waals surface area contributed by atoms with Gasteiger partial charge in [0.1, 0.15) is 11.1 Å². The molecule has 0 saturated carbocycles. The molecule has 8 nitrogen and oxygen atoms in total. The number of carbonyl (C=O) groups is 1. The van der Waals surface area contributed by atoms with Crippen molar-refractivity contribution in [3.63, 3.8) is 0 Å². The summed E-state index contributed by atoms with van der Waals surface area (Å²) in [6.45, 7) is 5.37. The van der Waals surface area contributed by atoms with E-state index in [1.54, 1.807) is 0 Å². The highest BCUT2D eigenvalue weighted by Gasteiger charge is 2.33. The van der Waals surface area contributed by atoms with Crippen LogP contribution < -0.4 is 21.7 Å². The average Bonchev–Trinajstić information content (AvgIpc) is 3.52. The summed E-state index contributed by atoms with van der Waals surface area (Å²) < 4.78 is 7.00. The molecule has 186 valence electrons. The summed E-state index contributed by atoms with van der Waals surface area (Å²) in [5, 5.41) is 21.1. The Balaban J connectivity index is 1.36. The summed E-state index contributed by atoms with van der Waals surface area (Å²) in [4.78, 5) is 17.7. The highest BCUT2D eigenvalue weighted by Crippen LogP contribution is 2.29. The van der Waals surface area contributed by atoms with E-state index in [-0.39, 0.29) is 18.1 Å². The number of hydrogen-bond acceptors (Lipinski definition) is 8. The molecule has 4 atom stereocenters. The minimum absolute atomic E-state index is 0.0432. The number of nitrogens with one attached hydrogen (secondary N) is 3. The monoisotopic (exact) mass is 495 g/mol. The highest BCUT2D eigenvalue weighted by molar-refractivity contribution is 7.18. The maximum absolute atomic E-state index is 13.1. The molecule has 1 amide bonds. The third-order valence-corrected chi connectivity index (χ3v) is 7.16. The van der Waals surface area contributed by atoms with Gasteiger partial charge in [-0.25, -0.2) is 4.98 Å². The quantitative estimate of drug-likeness (QED) is 0.245. The molecule has 0 aliphatic carbocycles. The van der Waals surface area contributed by atoms with Gasteiger partial charge in [0.15, 0.2) is 0 Å². The van der Waals surface area contributed by atoms with E-state index in [9.17, 15) is 9.90 Å². The number of nitrogens with zero attached hydrogens (tertiary/aromatic N) is 1. The molecule has 4 rings (SSSR count). The third-order valence-electron chi connectivity index (χ3n) is 6.05. The predicted octanol–water partition coefficient (Wildman–Crippen LogP) is 2.56. The lowest BCUT2D eigenvalue weighted by atomic mass is 10.0. The van der Waals surface area contributed by atoms with Crippen molar-refractivity contribution in [2.75, 3.05) is 13.1 Å². The smallest absolute Gasteiger partial charge is 0.237 e. The maximum atomic E-state index is 13.1. The fraction of sp³-hybridized carbons (Fsp3) is 0.385. The Hall–Kier alpha value is -2.98. The Kier molecular flexibility index (Phi) is 8.70. The molecule has 9 heteroatoms. The molecule has 0 spiro atoms. The van der Waals surface area contributed by atoms with Gasteiger partial charge in [0.05, 0.1) is 40.8 Å². The van der Waals surface area contributed by atoms with Crippen LogP contribution in [0.25, 0.3) is 10.2 Å². The van der Waals surface area contributed by atoms with Crippen molar-refractivity contribution in [2.45, 2.75) is 50.2 Å². The normalized spacial score (nSPS) is 19.3.